The van der Waals surface area contributed by atoms with Crippen molar-refractivity contribution in [2.45, 2.75) is 83.0 Å². The minimum Gasteiger partial charge on any atom is -0.203 e. The molecule has 0 aromatic heterocycles. The molecular formula is C30H38F2. The van der Waals surface area contributed by atoms with Crippen molar-refractivity contribution in [1.29, 1.82) is 0 Å². The van der Waals surface area contributed by atoms with E-state index in [1.165, 1.54) is 63.4 Å². The minimum absolute atomic E-state index is 0.433. The fourth-order valence-corrected chi connectivity index (χ4v) is 6.32. The molecule has 0 amide bonds. The number of hydrogen-bond acceptors (Lipinski definition) is 0. The largest absolute Gasteiger partial charge is 0.203 e. The summed E-state index contributed by atoms with van der Waals surface area (Å²) in [6, 6.07) is 7.86. The molecule has 0 spiro atoms. The summed E-state index contributed by atoms with van der Waals surface area (Å²) < 4.78 is 29.4. The monoisotopic (exact) mass is 436 g/mol. The molecule has 0 heterocycles. The molecule has 2 aromatic rings. The van der Waals surface area contributed by atoms with Gasteiger partial charge in [0.25, 0.3) is 0 Å². The quantitative estimate of drug-likeness (QED) is 0.362. The van der Waals surface area contributed by atoms with E-state index in [9.17, 15) is 8.78 Å². The van der Waals surface area contributed by atoms with Gasteiger partial charge in [-0.25, -0.2) is 8.78 Å². The Labute approximate surface area is 192 Å². The molecule has 0 aliphatic heterocycles. The van der Waals surface area contributed by atoms with Crippen LogP contribution in [0.2, 0.25) is 0 Å². The molecule has 0 nitrogen and oxygen atoms in total. The van der Waals surface area contributed by atoms with Gasteiger partial charge in [0, 0.05) is 5.39 Å². The summed E-state index contributed by atoms with van der Waals surface area (Å²) in [5.74, 6) is 1.75. The van der Waals surface area contributed by atoms with Crippen molar-refractivity contribution in [2.75, 3.05) is 0 Å². The molecule has 172 valence electrons. The summed E-state index contributed by atoms with van der Waals surface area (Å²) in [6.07, 6.45) is 17.9. The number of hydrogen-bond donors (Lipinski definition) is 0. The molecule has 0 N–H and O–H groups in total. The molecule has 0 atom stereocenters. The van der Waals surface area contributed by atoms with Crippen LogP contribution in [-0.4, -0.2) is 0 Å². The second-order valence-electron chi connectivity index (χ2n) is 10.2. The molecule has 2 fully saturated rings. The molecule has 0 unspecified atom stereocenters. The van der Waals surface area contributed by atoms with Gasteiger partial charge in [0.15, 0.2) is 11.6 Å². The van der Waals surface area contributed by atoms with Crippen LogP contribution < -0.4 is 0 Å². The van der Waals surface area contributed by atoms with Crippen LogP contribution in [-0.2, 0) is 6.42 Å². The highest BCUT2D eigenvalue weighted by Crippen LogP contribution is 2.45. The van der Waals surface area contributed by atoms with Gasteiger partial charge in [0.2, 0.25) is 0 Å². The van der Waals surface area contributed by atoms with Gasteiger partial charge in [0.05, 0.1) is 0 Å². The molecule has 2 aliphatic carbocycles. The zero-order valence-corrected chi connectivity index (χ0v) is 19.4. The first-order valence-corrected chi connectivity index (χ1v) is 12.7. The van der Waals surface area contributed by atoms with Gasteiger partial charge in [0.1, 0.15) is 0 Å². The maximum atomic E-state index is 14.8. The molecule has 0 bridgehead atoms. The average molecular weight is 437 g/mol. The van der Waals surface area contributed by atoms with Crippen molar-refractivity contribution in [2.24, 2.45) is 17.8 Å². The van der Waals surface area contributed by atoms with Crippen molar-refractivity contribution < 1.29 is 8.78 Å². The van der Waals surface area contributed by atoms with Crippen LogP contribution in [0.4, 0.5) is 8.78 Å². The van der Waals surface area contributed by atoms with E-state index in [4.69, 9.17) is 0 Å². The molecule has 2 aromatic carbocycles. The Morgan fingerprint density at radius 3 is 2.09 bits per heavy atom. The van der Waals surface area contributed by atoms with E-state index in [1.807, 2.05) is 18.2 Å². The number of fused-ring (bicyclic) bond motifs is 1. The van der Waals surface area contributed by atoms with Crippen LogP contribution in [0.15, 0.2) is 49.6 Å². The second kappa shape index (κ2) is 10.8. The summed E-state index contributed by atoms with van der Waals surface area (Å²) in [6.45, 7) is 7.55. The Hall–Kier alpha value is -1.96. The molecule has 2 saturated carbocycles. The van der Waals surface area contributed by atoms with Crippen LogP contribution >= 0.6 is 0 Å². The standard InChI is InChI=1S/C30H38F2/c1-3-5-7-21-9-11-22(12-10-21)23-13-15-24(16-14-23)25-17-18-26-19-27(8-6-4-2)29(31)30(32)28(26)20-25/h3-4,17-24H,1-2,5-16H2. The van der Waals surface area contributed by atoms with Gasteiger partial charge in [-0.2, -0.15) is 0 Å². The zero-order chi connectivity index (χ0) is 22.5. The predicted octanol–water partition coefficient (Wildman–Crippen LogP) is 9.28. The van der Waals surface area contributed by atoms with E-state index >= 15 is 0 Å². The van der Waals surface area contributed by atoms with Gasteiger partial charge >= 0.3 is 0 Å². The Morgan fingerprint density at radius 1 is 0.781 bits per heavy atom. The van der Waals surface area contributed by atoms with Crippen LogP contribution in [0.3, 0.4) is 0 Å². The lowest BCUT2D eigenvalue weighted by Crippen LogP contribution is -2.25. The maximum absolute atomic E-state index is 14.8. The highest BCUT2D eigenvalue weighted by Gasteiger charge is 2.31. The smallest absolute Gasteiger partial charge is 0.166 e. The van der Waals surface area contributed by atoms with Gasteiger partial charge in [-0.15, -0.1) is 13.2 Å². The Kier molecular flexibility index (Phi) is 7.81. The van der Waals surface area contributed by atoms with Gasteiger partial charge < -0.3 is 0 Å². The first-order chi connectivity index (χ1) is 15.6. The van der Waals surface area contributed by atoms with Crippen molar-refractivity contribution in [3.63, 3.8) is 0 Å². The summed E-state index contributed by atoms with van der Waals surface area (Å²) in [7, 11) is 0. The lowest BCUT2D eigenvalue weighted by atomic mass is 9.68. The third-order valence-electron chi connectivity index (χ3n) is 8.32. The molecule has 4 rings (SSSR count). The highest BCUT2D eigenvalue weighted by molar-refractivity contribution is 5.85. The van der Waals surface area contributed by atoms with Crippen LogP contribution in [0.5, 0.6) is 0 Å². The van der Waals surface area contributed by atoms with Crippen LogP contribution in [0, 0.1) is 29.4 Å². The summed E-state index contributed by atoms with van der Waals surface area (Å²) in [5, 5.41) is 1.23. The maximum Gasteiger partial charge on any atom is 0.166 e. The number of allylic oxidation sites excluding steroid dienone is 2. The third-order valence-corrected chi connectivity index (χ3v) is 8.32. The van der Waals surface area contributed by atoms with Crippen molar-refractivity contribution in [3.05, 3.63) is 72.3 Å². The van der Waals surface area contributed by atoms with E-state index in [-0.39, 0.29) is 0 Å². The van der Waals surface area contributed by atoms with E-state index < -0.39 is 11.6 Å². The van der Waals surface area contributed by atoms with Crippen LogP contribution in [0.1, 0.15) is 87.7 Å². The summed E-state index contributed by atoms with van der Waals surface area (Å²) >= 11 is 0. The van der Waals surface area contributed by atoms with E-state index in [0.717, 1.165) is 29.6 Å². The molecule has 2 heteroatoms. The van der Waals surface area contributed by atoms with E-state index in [0.29, 0.717) is 29.7 Å². The average Bonchev–Trinajstić information content (AvgIpc) is 2.84. The Balaban J connectivity index is 1.38. The van der Waals surface area contributed by atoms with E-state index in [2.05, 4.69) is 25.3 Å². The zero-order valence-electron chi connectivity index (χ0n) is 19.4. The third kappa shape index (κ3) is 5.16. The number of aryl methyl sites for hydroxylation is 1. The molecule has 0 saturated heterocycles. The lowest BCUT2D eigenvalue weighted by Gasteiger charge is -2.38. The topological polar surface area (TPSA) is 0 Å². The summed E-state index contributed by atoms with van der Waals surface area (Å²) in [5.41, 5.74) is 1.63. The molecule has 0 radical (unpaired) electrons. The molecular weight excluding hydrogens is 398 g/mol. The molecule has 2 aliphatic rings. The fourth-order valence-electron chi connectivity index (χ4n) is 6.32. The predicted molar refractivity (Wildman–Crippen MR) is 132 cm³/mol. The van der Waals surface area contributed by atoms with Gasteiger partial charge in [-0.3, -0.25) is 0 Å². The fraction of sp³-hybridized carbons (Fsp3) is 0.533. The second-order valence-corrected chi connectivity index (χ2v) is 10.2. The van der Waals surface area contributed by atoms with Crippen molar-refractivity contribution in [1.82, 2.24) is 0 Å². The first kappa shape index (κ1) is 23.2. The number of rotatable bonds is 8. The normalized spacial score (nSPS) is 26.2. The Bertz CT molecular complexity index is 927. The summed E-state index contributed by atoms with van der Waals surface area (Å²) in [4.78, 5) is 0. The first-order valence-electron chi connectivity index (χ1n) is 12.7. The van der Waals surface area contributed by atoms with Crippen molar-refractivity contribution >= 4 is 10.8 Å². The number of benzene rings is 2. The van der Waals surface area contributed by atoms with Gasteiger partial charge in [-0.1, -0.05) is 37.1 Å². The lowest BCUT2D eigenvalue weighted by molar-refractivity contribution is 0.157. The van der Waals surface area contributed by atoms with Gasteiger partial charge in [-0.05, 0) is 117 Å². The highest BCUT2D eigenvalue weighted by atomic mass is 19.2. The number of halogens is 2. The molecule has 32 heavy (non-hydrogen) atoms. The van der Waals surface area contributed by atoms with Crippen LogP contribution in [0.25, 0.3) is 10.8 Å². The van der Waals surface area contributed by atoms with E-state index in [1.54, 1.807) is 6.08 Å². The SMILES string of the molecule is C=CCCc1cc2ccc(C3CCC(C4CCC(CCC=C)CC4)CC3)cc2c(F)c1F. The van der Waals surface area contributed by atoms with Crippen molar-refractivity contribution in [3.8, 4) is 0 Å². The minimum atomic E-state index is -0.691. The Morgan fingerprint density at radius 2 is 1.44 bits per heavy atom.